The summed E-state index contributed by atoms with van der Waals surface area (Å²) in [5.74, 6) is -0.802. The molecule has 0 atom stereocenters. The average molecular weight is 156 g/mol. The second kappa shape index (κ2) is 1.78. The normalized spacial score (nSPS) is 30.6. The zero-order valence-corrected chi connectivity index (χ0v) is 6.34. The summed E-state index contributed by atoms with van der Waals surface area (Å²) < 4.78 is 0. The van der Waals surface area contributed by atoms with Gasteiger partial charge in [-0.2, -0.15) is 0 Å². The second-order valence-electron chi connectivity index (χ2n) is 3.77. The summed E-state index contributed by atoms with van der Waals surface area (Å²) >= 11 is 0. The van der Waals surface area contributed by atoms with Crippen LogP contribution < -0.4 is 0 Å². The molecule has 0 aliphatic heterocycles. The summed E-state index contributed by atoms with van der Waals surface area (Å²) in [6.07, 6.45) is 3.64. The van der Waals surface area contributed by atoms with Crippen LogP contribution in [0.2, 0.25) is 0 Å². The molecule has 0 bridgehead atoms. The summed E-state index contributed by atoms with van der Waals surface area (Å²) in [7, 11) is 0. The van der Waals surface area contributed by atoms with E-state index in [9.17, 15) is 9.90 Å². The Bertz CT molecular complexity index is 201. The summed E-state index contributed by atoms with van der Waals surface area (Å²) in [6, 6.07) is 0. The molecule has 0 saturated heterocycles. The Labute approximate surface area is 65.0 Å². The summed E-state index contributed by atoms with van der Waals surface area (Å²) in [4.78, 5) is 10.8. The molecule has 2 saturated carbocycles. The summed E-state index contributed by atoms with van der Waals surface area (Å²) in [6.45, 7) is 0. The van der Waals surface area contributed by atoms with Crippen LogP contribution in [0.4, 0.5) is 0 Å². The molecule has 2 rings (SSSR count). The van der Waals surface area contributed by atoms with E-state index in [-0.39, 0.29) is 0 Å². The number of carboxylic acid groups (broad SMARTS) is 1. The molecule has 0 aromatic carbocycles. The van der Waals surface area contributed by atoms with Crippen LogP contribution in [0.15, 0.2) is 0 Å². The topological polar surface area (TPSA) is 57.5 Å². The number of rotatable bonds is 2. The minimum atomic E-state index is -0.836. The molecule has 0 spiro atoms. The van der Waals surface area contributed by atoms with E-state index >= 15 is 0 Å². The van der Waals surface area contributed by atoms with Crippen LogP contribution >= 0.6 is 0 Å². The highest BCUT2D eigenvalue weighted by atomic mass is 16.4. The van der Waals surface area contributed by atoms with Gasteiger partial charge in [-0.1, -0.05) is 6.42 Å². The first kappa shape index (κ1) is 7.10. The highest BCUT2D eigenvalue weighted by Gasteiger charge is 2.65. The molecule has 0 amide bonds. The quantitative estimate of drug-likeness (QED) is 0.620. The highest BCUT2D eigenvalue weighted by Crippen LogP contribution is 2.60. The predicted octanol–water partition coefficient (Wildman–Crippen LogP) is 0.766. The van der Waals surface area contributed by atoms with Gasteiger partial charge >= 0.3 is 5.97 Å². The lowest BCUT2D eigenvalue weighted by Gasteiger charge is -2.41. The summed E-state index contributed by atoms with van der Waals surface area (Å²) in [5, 5.41) is 18.6. The van der Waals surface area contributed by atoms with Gasteiger partial charge in [-0.05, 0) is 25.7 Å². The van der Waals surface area contributed by atoms with Gasteiger partial charge in [-0.25, -0.2) is 0 Å². The Morgan fingerprint density at radius 3 is 1.82 bits per heavy atom. The maximum atomic E-state index is 10.8. The monoisotopic (exact) mass is 156 g/mol. The van der Waals surface area contributed by atoms with Crippen LogP contribution in [0, 0.1) is 5.41 Å². The van der Waals surface area contributed by atoms with Gasteiger partial charge < -0.3 is 10.2 Å². The first-order valence-electron chi connectivity index (χ1n) is 4.07. The summed E-state index contributed by atoms with van der Waals surface area (Å²) in [5.41, 5.74) is -1.59. The van der Waals surface area contributed by atoms with E-state index in [1.165, 1.54) is 0 Å². The average Bonchev–Trinajstić information content (AvgIpc) is 2.42. The molecular weight excluding hydrogens is 144 g/mol. The minimum absolute atomic E-state index is 0.666. The Morgan fingerprint density at radius 1 is 1.18 bits per heavy atom. The van der Waals surface area contributed by atoms with Gasteiger partial charge in [-0.15, -0.1) is 0 Å². The van der Waals surface area contributed by atoms with Crippen molar-refractivity contribution in [3.63, 3.8) is 0 Å². The standard InChI is InChI=1S/C8H12O3/c9-6(10)7(2-1-3-7)8(11)4-5-8/h11H,1-5H2,(H,9,10). The zero-order valence-electron chi connectivity index (χ0n) is 6.34. The van der Waals surface area contributed by atoms with E-state index in [1.807, 2.05) is 0 Å². The number of aliphatic carboxylic acids is 1. The fraction of sp³-hybridized carbons (Fsp3) is 0.875. The molecule has 0 radical (unpaired) electrons. The number of hydrogen-bond donors (Lipinski definition) is 2. The van der Waals surface area contributed by atoms with Crippen LogP contribution in [-0.2, 0) is 4.79 Å². The molecule has 62 valence electrons. The van der Waals surface area contributed by atoms with Crippen LogP contribution in [0.25, 0.3) is 0 Å². The van der Waals surface area contributed by atoms with Crippen molar-refractivity contribution in [3.05, 3.63) is 0 Å². The molecule has 0 heterocycles. The van der Waals surface area contributed by atoms with Gasteiger partial charge in [-0.3, -0.25) is 4.79 Å². The second-order valence-corrected chi connectivity index (χ2v) is 3.77. The lowest BCUT2D eigenvalue weighted by molar-refractivity contribution is -0.168. The number of carboxylic acids is 1. The molecule has 2 fully saturated rings. The van der Waals surface area contributed by atoms with Crippen molar-refractivity contribution in [2.45, 2.75) is 37.7 Å². The van der Waals surface area contributed by atoms with Gasteiger partial charge in [0.25, 0.3) is 0 Å². The van der Waals surface area contributed by atoms with Gasteiger partial charge in [0.2, 0.25) is 0 Å². The Balaban J connectivity index is 2.23. The predicted molar refractivity (Wildman–Crippen MR) is 38.1 cm³/mol. The van der Waals surface area contributed by atoms with E-state index in [0.29, 0.717) is 25.7 Å². The van der Waals surface area contributed by atoms with E-state index < -0.39 is 17.0 Å². The Hall–Kier alpha value is -0.570. The zero-order chi connectivity index (χ0) is 8.11. The van der Waals surface area contributed by atoms with Gasteiger partial charge in [0.05, 0.1) is 11.0 Å². The van der Waals surface area contributed by atoms with Crippen molar-refractivity contribution in [3.8, 4) is 0 Å². The first-order chi connectivity index (χ1) is 5.11. The fourth-order valence-corrected chi connectivity index (χ4v) is 2.01. The first-order valence-corrected chi connectivity index (χ1v) is 4.07. The molecular formula is C8H12O3. The molecule has 0 aromatic rings. The van der Waals surface area contributed by atoms with Crippen molar-refractivity contribution in [2.24, 2.45) is 5.41 Å². The van der Waals surface area contributed by atoms with Crippen molar-refractivity contribution in [1.29, 1.82) is 0 Å². The molecule has 2 aliphatic rings. The van der Waals surface area contributed by atoms with E-state index in [0.717, 1.165) is 6.42 Å². The fourth-order valence-electron chi connectivity index (χ4n) is 2.01. The van der Waals surface area contributed by atoms with E-state index in [4.69, 9.17) is 5.11 Å². The third kappa shape index (κ3) is 0.692. The number of hydrogen-bond acceptors (Lipinski definition) is 2. The van der Waals surface area contributed by atoms with Crippen molar-refractivity contribution < 1.29 is 15.0 Å². The van der Waals surface area contributed by atoms with Crippen LogP contribution in [0.3, 0.4) is 0 Å². The number of aliphatic hydroxyl groups is 1. The number of carbonyl (C=O) groups is 1. The SMILES string of the molecule is O=C(O)C1(C2(O)CC2)CCC1. The maximum absolute atomic E-state index is 10.8. The van der Waals surface area contributed by atoms with Crippen molar-refractivity contribution in [2.75, 3.05) is 0 Å². The third-order valence-electron chi connectivity index (χ3n) is 3.23. The lowest BCUT2D eigenvalue weighted by Crippen LogP contribution is -2.49. The van der Waals surface area contributed by atoms with Crippen LogP contribution in [0.5, 0.6) is 0 Å². The van der Waals surface area contributed by atoms with Gasteiger partial charge in [0.1, 0.15) is 0 Å². The van der Waals surface area contributed by atoms with Crippen molar-refractivity contribution in [1.82, 2.24) is 0 Å². The highest BCUT2D eigenvalue weighted by molar-refractivity contribution is 5.78. The van der Waals surface area contributed by atoms with Crippen LogP contribution in [0.1, 0.15) is 32.1 Å². The lowest BCUT2D eigenvalue weighted by atomic mass is 9.63. The maximum Gasteiger partial charge on any atom is 0.312 e. The molecule has 11 heavy (non-hydrogen) atoms. The Kier molecular flexibility index (Phi) is 1.15. The molecule has 2 aliphatic carbocycles. The van der Waals surface area contributed by atoms with E-state index in [1.54, 1.807) is 0 Å². The molecule has 0 unspecified atom stereocenters. The minimum Gasteiger partial charge on any atom is -0.481 e. The van der Waals surface area contributed by atoms with Crippen LogP contribution in [-0.4, -0.2) is 21.8 Å². The molecule has 3 nitrogen and oxygen atoms in total. The van der Waals surface area contributed by atoms with Gasteiger partial charge in [0, 0.05) is 0 Å². The van der Waals surface area contributed by atoms with Gasteiger partial charge in [0.15, 0.2) is 0 Å². The molecule has 2 N–H and O–H groups in total. The molecule has 3 heteroatoms. The smallest absolute Gasteiger partial charge is 0.312 e. The largest absolute Gasteiger partial charge is 0.481 e. The van der Waals surface area contributed by atoms with E-state index in [2.05, 4.69) is 0 Å². The van der Waals surface area contributed by atoms with Crippen molar-refractivity contribution >= 4 is 5.97 Å². The molecule has 0 aromatic heterocycles. The Morgan fingerprint density at radius 2 is 1.73 bits per heavy atom. The third-order valence-corrected chi connectivity index (χ3v) is 3.23.